The zero-order valence-corrected chi connectivity index (χ0v) is 9.96. The minimum Gasteiger partial charge on any atom is -0.481 e. The molecule has 88 valence electrons. The third-order valence-corrected chi connectivity index (χ3v) is 2.13. The third-order valence-electron chi connectivity index (χ3n) is 2.13. The molecule has 15 heavy (non-hydrogen) atoms. The fourth-order valence-corrected chi connectivity index (χ4v) is 0.931. The Labute approximate surface area is 91.1 Å². The third kappa shape index (κ3) is 7.97. The Morgan fingerprint density at radius 1 is 1.33 bits per heavy atom. The zero-order chi connectivity index (χ0) is 12.1. The van der Waals surface area contributed by atoms with E-state index in [1.165, 1.54) is 0 Å². The van der Waals surface area contributed by atoms with Crippen LogP contribution in [0.2, 0.25) is 0 Å². The van der Waals surface area contributed by atoms with Gasteiger partial charge in [-0.1, -0.05) is 27.7 Å². The summed E-state index contributed by atoms with van der Waals surface area (Å²) < 4.78 is 0. The molecule has 0 bridgehead atoms. The average Bonchev–Trinajstić information content (AvgIpc) is 2.09. The van der Waals surface area contributed by atoms with Gasteiger partial charge in [-0.05, 0) is 11.8 Å². The summed E-state index contributed by atoms with van der Waals surface area (Å²) in [5.41, 5.74) is 0.135. The second-order valence-electron chi connectivity index (χ2n) is 5.10. The summed E-state index contributed by atoms with van der Waals surface area (Å²) in [6, 6.07) is 0. The first-order valence-electron chi connectivity index (χ1n) is 5.22. The molecule has 2 N–H and O–H groups in total. The highest BCUT2D eigenvalue weighted by Gasteiger charge is 2.15. The van der Waals surface area contributed by atoms with E-state index in [2.05, 4.69) is 26.1 Å². The molecule has 0 aliphatic rings. The van der Waals surface area contributed by atoms with E-state index in [1.807, 2.05) is 0 Å². The van der Waals surface area contributed by atoms with Gasteiger partial charge in [0.15, 0.2) is 0 Å². The van der Waals surface area contributed by atoms with Gasteiger partial charge in [-0.15, -0.1) is 0 Å². The van der Waals surface area contributed by atoms with Crippen LogP contribution in [0.3, 0.4) is 0 Å². The van der Waals surface area contributed by atoms with Crippen molar-refractivity contribution in [3.63, 3.8) is 0 Å². The lowest BCUT2D eigenvalue weighted by atomic mass is 9.90. The summed E-state index contributed by atoms with van der Waals surface area (Å²) in [4.78, 5) is 21.8. The summed E-state index contributed by atoms with van der Waals surface area (Å²) in [5, 5.41) is 11.2. The molecule has 0 aromatic carbocycles. The SMILES string of the molecule is CC(CNC(=O)CCC(C)(C)C)C(=O)O. The van der Waals surface area contributed by atoms with Crippen molar-refractivity contribution in [2.75, 3.05) is 6.54 Å². The molecule has 0 fully saturated rings. The van der Waals surface area contributed by atoms with Crippen LogP contribution in [0.4, 0.5) is 0 Å². The Morgan fingerprint density at radius 2 is 1.87 bits per heavy atom. The van der Waals surface area contributed by atoms with Crippen molar-refractivity contribution in [1.29, 1.82) is 0 Å². The van der Waals surface area contributed by atoms with E-state index in [0.29, 0.717) is 6.42 Å². The molecule has 0 aliphatic carbocycles. The average molecular weight is 215 g/mol. The van der Waals surface area contributed by atoms with Gasteiger partial charge in [0, 0.05) is 13.0 Å². The number of carbonyl (C=O) groups excluding carboxylic acids is 1. The number of carboxylic acids is 1. The standard InChI is InChI=1S/C11H21NO3/c1-8(10(14)15)7-12-9(13)5-6-11(2,3)4/h8H,5-7H2,1-4H3,(H,12,13)(H,14,15). The van der Waals surface area contributed by atoms with Gasteiger partial charge in [0.2, 0.25) is 5.91 Å². The number of rotatable bonds is 5. The van der Waals surface area contributed by atoms with Gasteiger partial charge >= 0.3 is 5.97 Å². The van der Waals surface area contributed by atoms with Crippen LogP contribution in [0.1, 0.15) is 40.5 Å². The first-order chi connectivity index (χ1) is 6.72. The van der Waals surface area contributed by atoms with Crippen molar-refractivity contribution in [1.82, 2.24) is 5.32 Å². The van der Waals surface area contributed by atoms with Gasteiger partial charge in [-0.3, -0.25) is 9.59 Å². The van der Waals surface area contributed by atoms with Gasteiger partial charge in [-0.2, -0.15) is 0 Å². The maximum atomic E-state index is 11.3. The van der Waals surface area contributed by atoms with Crippen molar-refractivity contribution in [3.8, 4) is 0 Å². The molecule has 1 atom stereocenters. The van der Waals surface area contributed by atoms with Crippen molar-refractivity contribution >= 4 is 11.9 Å². The highest BCUT2D eigenvalue weighted by atomic mass is 16.4. The lowest BCUT2D eigenvalue weighted by Gasteiger charge is -2.17. The largest absolute Gasteiger partial charge is 0.481 e. The molecule has 1 amide bonds. The molecule has 0 aromatic heterocycles. The molecule has 1 unspecified atom stereocenters. The Kier molecular flexibility index (Phi) is 5.33. The lowest BCUT2D eigenvalue weighted by Crippen LogP contribution is -2.31. The molecule has 0 heterocycles. The highest BCUT2D eigenvalue weighted by Crippen LogP contribution is 2.20. The van der Waals surface area contributed by atoms with Crippen molar-refractivity contribution in [3.05, 3.63) is 0 Å². The maximum Gasteiger partial charge on any atom is 0.308 e. The lowest BCUT2D eigenvalue weighted by molar-refractivity contribution is -0.141. The maximum absolute atomic E-state index is 11.3. The summed E-state index contributed by atoms with van der Waals surface area (Å²) in [6.45, 7) is 7.99. The molecule has 0 aromatic rings. The molecule has 0 rings (SSSR count). The molecular formula is C11H21NO3. The summed E-state index contributed by atoms with van der Waals surface area (Å²) >= 11 is 0. The number of hydrogen-bond donors (Lipinski definition) is 2. The Morgan fingerprint density at radius 3 is 2.27 bits per heavy atom. The predicted molar refractivity (Wildman–Crippen MR) is 58.5 cm³/mol. The van der Waals surface area contributed by atoms with Crippen LogP contribution in [0.15, 0.2) is 0 Å². The highest BCUT2D eigenvalue weighted by molar-refractivity contribution is 5.77. The van der Waals surface area contributed by atoms with Crippen molar-refractivity contribution in [2.45, 2.75) is 40.5 Å². The van der Waals surface area contributed by atoms with Crippen LogP contribution in [-0.4, -0.2) is 23.5 Å². The van der Waals surface area contributed by atoms with E-state index in [9.17, 15) is 9.59 Å². The van der Waals surface area contributed by atoms with Gasteiger partial charge in [0.1, 0.15) is 0 Å². The molecule has 4 heteroatoms. The minimum absolute atomic E-state index is 0.0713. The summed E-state index contributed by atoms with van der Waals surface area (Å²) in [7, 11) is 0. The number of aliphatic carboxylic acids is 1. The van der Waals surface area contributed by atoms with Gasteiger partial charge in [0.25, 0.3) is 0 Å². The number of nitrogens with one attached hydrogen (secondary N) is 1. The van der Waals surface area contributed by atoms with Crippen LogP contribution in [0.5, 0.6) is 0 Å². The zero-order valence-electron chi connectivity index (χ0n) is 9.96. The monoisotopic (exact) mass is 215 g/mol. The van der Waals surface area contributed by atoms with Gasteiger partial charge < -0.3 is 10.4 Å². The van der Waals surface area contributed by atoms with E-state index in [4.69, 9.17) is 5.11 Å². The molecule has 0 spiro atoms. The quantitative estimate of drug-likeness (QED) is 0.732. The van der Waals surface area contributed by atoms with E-state index in [-0.39, 0.29) is 17.9 Å². The molecule has 0 radical (unpaired) electrons. The van der Waals surface area contributed by atoms with Crippen LogP contribution in [0.25, 0.3) is 0 Å². The van der Waals surface area contributed by atoms with E-state index < -0.39 is 11.9 Å². The molecular weight excluding hydrogens is 194 g/mol. The van der Waals surface area contributed by atoms with Crippen LogP contribution < -0.4 is 5.32 Å². The van der Waals surface area contributed by atoms with Crippen molar-refractivity contribution in [2.24, 2.45) is 11.3 Å². The first-order valence-corrected chi connectivity index (χ1v) is 5.22. The number of carbonyl (C=O) groups is 2. The summed E-state index contributed by atoms with van der Waals surface area (Å²) in [5.74, 6) is -1.48. The summed E-state index contributed by atoms with van der Waals surface area (Å²) in [6.07, 6.45) is 1.26. The van der Waals surface area contributed by atoms with E-state index in [0.717, 1.165) is 6.42 Å². The molecule has 0 aliphatic heterocycles. The van der Waals surface area contributed by atoms with Crippen LogP contribution >= 0.6 is 0 Å². The van der Waals surface area contributed by atoms with E-state index in [1.54, 1.807) is 6.92 Å². The second kappa shape index (κ2) is 5.73. The molecule has 4 nitrogen and oxygen atoms in total. The van der Waals surface area contributed by atoms with Crippen LogP contribution in [-0.2, 0) is 9.59 Å². The number of amides is 1. The number of carboxylic acid groups (broad SMARTS) is 1. The smallest absolute Gasteiger partial charge is 0.308 e. The van der Waals surface area contributed by atoms with Gasteiger partial charge in [0.05, 0.1) is 5.92 Å². The second-order valence-corrected chi connectivity index (χ2v) is 5.10. The fraction of sp³-hybridized carbons (Fsp3) is 0.818. The Bertz CT molecular complexity index is 230. The normalized spacial score (nSPS) is 13.3. The Balaban J connectivity index is 3.72. The van der Waals surface area contributed by atoms with Crippen molar-refractivity contribution < 1.29 is 14.7 Å². The van der Waals surface area contributed by atoms with Gasteiger partial charge in [-0.25, -0.2) is 0 Å². The Hall–Kier alpha value is -1.06. The minimum atomic E-state index is -0.883. The molecule has 0 saturated heterocycles. The predicted octanol–water partition coefficient (Wildman–Crippen LogP) is 1.65. The first kappa shape index (κ1) is 13.9. The fourth-order valence-electron chi connectivity index (χ4n) is 0.931. The van der Waals surface area contributed by atoms with Crippen LogP contribution in [0, 0.1) is 11.3 Å². The topological polar surface area (TPSA) is 66.4 Å². The molecule has 0 saturated carbocycles. The number of hydrogen-bond acceptors (Lipinski definition) is 2. The van der Waals surface area contributed by atoms with E-state index >= 15 is 0 Å².